The Kier molecular flexibility index (Phi) is 5.14. The lowest BCUT2D eigenvalue weighted by atomic mass is 9.93. The highest BCUT2D eigenvalue weighted by atomic mass is 79.9. The summed E-state index contributed by atoms with van der Waals surface area (Å²) in [4.78, 5) is 4.65. The summed E-state index contributed by atoms with van der Waals surface area (Å²) in [6.07, 6.45) is 4.36. The van der Waals surface area contributed by atoms with Gasteiger partial charge in [-0.3, -0.25) is 4.99 Å². The molecular formula is C19H19BrF3N3S. The molecule has 0 aliphatic heterocycles. The predicted molar refractivity (Wildman–Crippen MR) is 105 cm³/mol. The monoisotopic (exact) mass is 457 g/mol. The van der Waals surface area contributed by atoms with Gasteiger partial charge in [0.25, 0.3) is 0 Å². The maximum absolute atomic E-state index is 14.1. The second-order valence-corrected chi connectivity index (χ2v) is 8.66. The Balaban J connectivity index is 1.83. The second kappa shape index (κ2) is 7.28. The van der Waals surface area contributed by atoms with Gasteiger partial charge in [0.05, 0.1) is 21.6 Å². The van der Waals surface area contributed by atoms with Gasteiger partial charge in [-0.05, 0) is 66.4 Å². The number of hydrogen-bond donors (Lipinski definition) is 0. The summed E-state index contributed by atoms with van der Waals surface area (Å²) >= 11 is 3.16. The molecule has 27 heavy (non-hydrogen) atoms. The van der Waals surface area contributed by atoms with Crippen molar-refractivity contribution in [3.63, 3.8) is 0 Å². The molecular weight excluding hydrogens is 439 g/mol. The number of benzene rings is 1. The smallest absolute Gasteiger partial charge is 0.187 e. The number of aromatic nitrogens is 2. The third-order valence-electron chi connectivity index (χ3n) is 5.51. The van der Waals surface area contributed by atoms with Gasteiger partial charge in [0.2, 0.25) is 0 Å². The number of fused-ring (bicyclic) bond motifs is 2. The highest BCUT2D eigenvalue weighted by Crippen LogP contribution is 2.49. The molecule has 0 saturated heterocycles. The molecule has 1 fully saturated rings. The van der Waals surface area contributed by atoms with Crippen LogP contribution in [0.2, 0.25) is 0 Å². The molecule has 0 radical (unpaired) electrons. The van der Waals surface area contributed by atoms with E-state index in [1.54, 1.807) is 0 Å². The Morgan fingerprint density at radius 1 is 1.33 bits per heavy atom. The Morgan fingerprint density at radius 2 is 2.07 bits per heavy atom. The standard InChI is InChI=1S/C19H19BrF3N3S/c1-3-4-14(24-15-8-13(20)18(22)17(21)9(15)2)19-12-6-10-5-11(10)7-16(12)26(25-19)27-23/h8,10-11H,3-7H2,1-2H3. The van der Waals surface area contributed by atoms with Gasteiger partial charge in [0.15, 0.2) is 24.0 Å². The van der Waals surface area contributed by atoms with Crippen LogP contribution in [0.15, 0.2) is 15.5 Å². The zero-order valence-corrected chi connectivity index (χ0v) is 17.4. The van der Waals surface area contributed by atoms with E-state index in [1.807, 2.05) is 6.92 Å². The van der Waals surface area contributed by atoms with Crippen molar-refractivity contribution in [2.24, 2.45) is 16.8 Å². The van der Waals surface area contributed by atoms with Crippen LogP contribution in [-0.2, 0) is 12.8 Å². The van der Waals surface area contributed by atoms with Gasteiger partial charge in [0, 0.05) is 11.1 Å². The number of aliphatic imine (C=N–C) groups is 1. The molecule has 2 aromatic rings. The largest absolute Gasteiger partial charge is 0.251 e. The van der Waals surface area contributed by atoms with E-state index in [1.165, 1.54) is 23.5 Å². The highest BCUT2D eigenvalue weighted by molar-refractivity contribution is 9.10. The van der Waals surface area contributed by atoms with Crippen molar-refractivity contribution in [3.8, 4) is 0 Å². The fraction of sp³-hybridized carbons (Fsp3) is 0.474. The first-order valence-electron chi connectivity index (χ1n) is 9.06. The zero-order chi connectivity index (χ0) is 19.3. The number of rotatable bonds is 5. The molecule has 1 aromatic heterocycles. The van der Waals surface area contributed by atoms with Crippen molar-refractivity contribution >= 4 is 39.7 Å². The molecule has 2 unspecified atom stereocenters. The average molecular weight is 458 g/mol. The molecule has 0 bridgehead atoms. The highest BCUT2D eigenvalue weighted by Gasteiger charge is 2.44. The Hall–Kier alpha value is -1.28. The molecule has 0 amide bonds. The summed E-state index contributed by atoms with van der Waals surface area (Å²) in [7, 11) is 0. The van der Waals surface area contributed by atoms with Crippen LogP contribution in [0.1, 0.15) is 48.7 Å². The Labute approximate surface area is 169 Å². The van der Waals surface area contributed by atoms with E-state index in [4.69, 9.17) is 0 Å². The summed E-state index contributed by atoms with van der Waals surface area (Å²) in [5, 5.41) is 4.47. The predicted octanol–water partition coefficient (Wildman–Crippen LogP) is 6.27. The average Bonchev–Trinajstić information content (AvgIpc) is 3.33. The molecule has 1 heterocycles. The summed E-state index contributed by atoms with van der Waals surface area (Å²) in [5.74, 6) is -0.533. The minimum atomic E-state index is -0.918. The third-order valence-corrected chi connectivity index (χ3v) is 6.52. The summed E-state index contributed by atoms with van der Waals surface area (Å²) in [5.41, 5.74) is 3.90. The Morgan fingerprint density at radius 3 is 2.78 bits per heavy atom. The SMILES string of the molecule is CCCC(=Nc1cc(Br)c(F)c(F)c1C)c1nn(SF)c2c1CC1CC1C2. The fourth-order valence-corrected chi connectivity index (χ4v) is 4.66. The molecule has 2 aliphatic rings. The van der Waals surface area contributed by atoms with Crippen LogP contribution < -0.4 is 0 Å². The van der Waals surface area contributed by atoms with Gasteiger partial charge >= 0.3 is 0 Å². The van der Waals surface area contributed by atoms with Gasteiger partial charge in [-0.25, -0.2) is 8.78 Å². The van der Waals surface area contributed by atoms with E-state index in [2.05, 4.69) is 26.0 Å². The summed E-state index contributed by atoms with van der Waals surface area (Å²) < 4.78 is 42.7. The first kappa shape index (κ1) is 19.1. The van der Waals surface area contributed by atoms with Gasteiger partial charge in [0.1, 0.15) is 5.69 Å². The maximum Gasteiger partial charge on any atom is 0.187 e. The minimum absolute atomic E-state index is 0.0351. The lowest BCUT2D eigenvalue weighted by molar-refractivity contribution is 0.499. The van der Waals surface area contributed by atoms with Crippen molar-refractivity contribution < 1.29 is 12.7 Å². The van der Waals surface area contributed by atoms with Crippen molar-refractivity contribution in [1.29, 1.82) is 0 Å². The molecule has 8 heteroatoms. The summed E-state index contributed by atoms with van der Waals surface area (Å²) in [6.45, 7) is 3.53. The molecule has 1 aromatic carbocycles. The minimum Gasteiger partial charge on any atom is -0.251 e. The molecule has 4 rings (SSSR count). The van der Waals surface area contributed by atoms with Crippen LogP contribution in [0.3, 0.4) is 0 Å². The van der Waals surface area contributed by atoms with E-state index in [-0.39, 0.29) is 22.4 Å². The van der Waals surface area contributed by atoms with E-state index >= 15 is 0 Å². The van der Waals surface area contributed by atoms with Crippen LogP contribution in [0, 0.1) is 30.4 Å². The van der Waals surface area contributed by atoms with Crippen LogP contribution in [0.25, 0.3) is 0 Å². The van der Waals surface area contributed by atoms with Crippen LogP contribution in [0.5, 0.6) is 0 Å². The molecule has 3 nitrogen and oxygen atoms in total. The van der Waals surface area contributed by atoms with Gasteiger partial charge in [-0.2, -0.15) is 9.19 Å². The van der Waals surface area contributed by atoms with E-state index < -0.39 is 11.6 Å². The molecule has 0 N–H and O–H groups in total. The molecule has 2 aliphatic carbocycles. The van der Waals surface area contributed by atoms with Gasteiger partial charge in [-0.1, -0.05) is 13.3 Å². The number of hydrogen-bond acceptors (Lipinski definition) is 3. The van der Waals surface area contributed by atoms with E-state index in [0.29, 0.717) is 35.3 Å². The number of halogens is 4. The Bertz CT molecular complexity index is 941. The fourth-order valence-electron chi connectivity index (χ4n) is 3.89. The molecule has 2 atom stereocenters. The lowest BCUT2D eigenvalue weighted by Gasteiger charge is -2.13. The summed E-state index contributed by atoms with van der Waals surface area (Å²) in [6, 6.07) is 1.48. The lowest BCUT2D eigenvalue weighted by Crippen LogP contribution is -2.10. The first-order valence-corrected chi connectivity index (χ1v) is 10.5. The van der Waals surface area contributed by atoms with E-state index in [9.17, 15) is 12.7 Å². The number of nitrogens with zero attached hydrogens (tertiary/aromatic N) is 3. The first-order chi connectivity index (χ1) is 12.9. The van der Waals surface area contributed by atoms with Crippen LogP contribution in [0.4, 0.5) is 18.4 Å². The van der Waals surface area contributed by atoms with Gasteiger partial charge < -0.3 is 0 Å². The quantitative estimate of drug-likeness (QED) is 0.391. The van der Waals surface area contributed by atoms with Crippen molar-refractivity contribution in [2.45, 2.75) is 46.0 Å². The third kappa shape index (κ3) is 3.35. The normalized spacial score (nSPS) is 21.2. The topological polar surface area (TPSA) is 30.2 Å². The molecule has 144 valence electrons. The van der Waals surface area contributed by atoms with Crippen molar-refractivity contribution in [2.75, 3.05) is 0 Å². The maximum atomic E-state index is 14.1. The molecule has 0 spiro atoms. The molecule has 1 saturated carbocycles. The van der Waals surface area contributed by atoms with E-state index in [0.717, 1.165) is 30.5 Å². The van der Waals surface area contributed by atoms with Crippen LogP contribution in [-0.4, -0.2) is 14.9 Å². The zero-order valence-electron chi connectivity index (χ0n) is 15.0. The van der Waals surface area contributed by atoms with Crippen LogP contribution >= 0.6 is 28.3 Å². The second-order valence-electron chi connectivity index (χ2n) is 7.32. The van der Waals surface area contributed by atoms with Crippen molar-refractivity contribution in [3.05, 3.63) is 44.7 Å². The van der Waals surface area contributed by atoms with Crippen molar-refractivity contribution in [1.82, 2.24) is 9.19 Å². The van der Waals surface area contributed by atoms with Gasteiger partial charge in [-0.15, -0.1) is 3.89 Å².